The molecule has 0 saturated carbocycles. The molecule has 2 aromatic heterocycles. The average molecular weight is 279 g/mol. The van der Waals surface area contributed by atoms with Crippen molar-refractivity contribution in [3.05, 3.63) is 22.7 Å². The molecule has 0 saturated heterocycles. The molecule has 0 aliphatic carbocycles. The summed E-state index contributed by atoms with van der Waals surface area (Å²) >= 11 is 1.16. The lowest BCUT2D eigenvalue weighted by Crippen LogP contribution is -2.08. The highest BCUT2D eigenvalue weighted by Gasteiger charge is 2.23. The molecule has 2 heterocycles. The van der Waals surface area contributed by atoms with E-state index in [4.69, 9.17) is 9.47 Å². The van der Waals surface area contributed by atoms with Crippen molar-refractivity contribution >= 4 is 33.5 Å². The number of aryl methyl sites for hydroxylation is 1. The Kier molecular flexibility index (Phi) is 3.80. The smallest absolute Gasteiger partial charge is 0.352 e. The van der Waals surface area contributed by atoms with Gasteiger partial charge < -0.3 is 9.47 Å². The standard InChI is InChI=1S/C13H13NO4S/c1-4-17-13(16)11-10(18-8(3)15)9-5-7(2)6-14-12(9)19-11/h5-6H,4H2,1-3H3. The zero-order chi connectivity index (χ0) is 14.0. The maximum Gasteiger partial charge on any atom is 0.352 e. The fourth-order valence-electron chi connectivity index (χ4n) is 1.64. The molecule has 0 aromatic carbocycles. The van der Waals surface area contributed by atoms with Crippen molar-refractivity contribution in [1.82, 2.24) is 4.98 Å². The van der Waals surface area contributed by atoms with Crippen LogP contribution in [0.4, 0.5) is 0 Å². The first-order valence-corrected chi connectivity index (χ1v) is 6.59. The fraction of sp³-hybridized carbons (Fsp3) is 0.308. The van der Waals surface area contributed by atoms with Gasteiger partial charge in [-0.2, -0.15) is 0 Å². The van der Waals surface area contributed by atoms with Crippen LogP contribution in [0.5, 0.6) is 5.75 Å². The molecular weight excluding hydrogens is 266 g/mol. The average Bonchev–Trinajstić information content (AvgIpc) is 2.67. The highest BCUT2D eigenvalue weighted by atomic mass is 32.1. The third kappa shape index (κ3) is 2.73. The molecule has 0 aliphatic heterocycles. The van der Waals surface area contributed by atoms with Crippen molar-refractivity contribution in [3.8, 4) is 5.75 Å². The van der Waals surface area contributed by atoms with Crippen LogP contribution < -0.4 is 4.74 Å². The van der Waals surface area contributed by atoms with Gasteiger partial charge in [0, 0.05) is 13.1 Å². The lowest BCUT2D eigenvalue weighted by Gasteiger charge is -2.03. The van der Waals surface area contributed by atoms with Crippen LogP contribution in [-0.4, -0.2) is 23.5 Å². The van der Waals surface area contributed by atoms with Gasteiger partial charge in [-0.05, 0) is 25.5 Å². The number of carbonyl (C=O) groups is 2. The minimum Gasteiger partial charge on any atom is -0.462 e. The zero-order valence-electron chi connectivity index (χ0n) is 10.9. The lowest BCUT2D eigenvalue weighted by atomic mass is 10.2. The Morgan fingerprint density at radius 2 is 2.16 bits per heavy atom. The summed E-state index contributed by atoms with van der Waals surface area (Å²) in [5.41, 5.74) is 0.925. The Hall–Kier alpha value is -1.95. The summed E-state index contributed by atoms with van der Waals surface area (Å²) < 4.78 is 10.1. The molecule has 0 bridgehead atoms. The topological polar surface area (TPSA) is 65.5 Å². The normalized spacial score (nSPS) is 10.5. The molecule has 0 fully saturated rings. The largest absolute Gasteiger partial charge is 0.462 e. The minimum atomic E-state index is -0.501. The number of thiophene rings is 1. The number of rotatable bonds is 3. The number of aromatic nitrogens is 1. The predicted molar refractivity (Wildman–Crippen MR) is 71.6 cm³/mol. The van der Waals surface area contributed by atoms with Crippen LogP contribution in [-0.2, 0) is 9.53 Å². The number of esters is 2. The molecule has 19 heavy (non-hydrogen) atoms. The van der Waals surface area contributed by atoms with Gasteiger partial charge in [0.15, 0.2) is 10.6 Å². The SMILES string of the molecule is CCOC(=O)c1sc2ncc(C)cc2c1OC(C)=O. The van der Waals surface area contributed by atoms with Crippen LogP contribution in [0.3, 0.4) is 0 Å². The first kappa shape index (κ1) is 13.5. The van der Waals surface area contributed by atoms with E-state index in [0.29, 0.717) is 10.2 Å². The Bertz CT molecular complexity index is 647. The summed E-state index contributed by atoms with van der Waals surface area (Å²) in [4.78, 5) is 28.2. The molecule has 0 amide bonds. The van der Waals surface area contributed by atoms with E-state index in [1.54, 1.807) is 13.1 Å². The van der Waals surface area contributed by atoms with Crippen LogP contribution in [0.15, 0.2) is 12.3 Å². The molecule has 0 atom stereocenters. The maximum atomic E-state index is 11.9. The summed E-state index contributed by atoms with van der Waals surface area (Å²) in [6, 6.07) is 1.83. The summed E-state index contributed by atoms with van der Waals surface area (Å²) in [6.45, 7) is 5.16. The monoisotopic (exact) mass is 279 g/mol. The Balaban J connectivity index is 2.61. The summed E-state index contributed by atoms with van der Waals surface area (Å²) in [6.07, 6.45) is 1.70. The molecule has 0 N–H and O–H groups in total. The highest BCUT2D eigenvalue weighted by molar-refractivity contribution is 7.20. The van der Waals surface area contributed by atoms with E-state index in [-0.39, 0.29) is 17.2 Å². The second-order valence-electron chi connectivity index (χ2n) is 3.94. The number of fused-ring (bicyclic) bond motifs is 1. The van der Waals surface area contributed by atoms with Gasteiger partial charge in [-0.1, -0.05) is 0 Å². The van der Waals surface area contributed by atoms with Gasteiger partial charge in [0.25, 0.3) is 0 Å². The number of nitrogens with zero attached hydrogens (tertiary/aromatic N) is 1. The van der Waals surface area contributed by atoms with Crippen LogP contribution >= 0.6 is 11.3 Å². The molecule has 2 rings (SSSR count). The Labute approximate surface area is 114 Å². The van der Waals surface area contributed by atoms with Gasteiger partial charge in [0.2, 0.25) is 0 Å². The van der Waals surface area contributed by atoms with Crippen molar-refractivity contribution in [2.45, 2.75) is 20.8 Å². The van der Waals surface area contributed by atoms with Crippen LogP contribution in [0, 0.1) is 6.92 Å². The van der Waals surface area contributed by atoms with E-state index in [9.17, 15) is 9.59 Å². The maximum absolute atomic E-state index is 11.9. The summed E-state index contributed by atoms with van der Waals surface area (Å²) in [5.74, 6) is -0.742. The molecule has 0 radical (unpaired) electrons. The van der Waals surface area contributed by atoms with E-state index in [0.717, 1.165) is 16.9 Å². The fourth-order valence-corrected chi connectivity index (χ4v) is 2.59. The van der Waals surface area contributed by atoms with Crippen molar-refractivity contribution in [3.63, 3.8) is 0 Å². The first-order chi connectivity index (χ1) is 9.02. The van der Waals surface area contributed by atoms with Gasteiger partial charge in [0.05, 0.1) is 12.0 Å². The quantitative estimate of drug-likeness (QED) is 0.808. The molecular formula is C13H13NO4S. The number of carbonyl (C=O) groups excluding carboxylic acids is 2. The number of ether oxygens (including phenoxy) is 2. The lowest BCUT2D eigenvalue weighted by molar-refractivity contribution is -0.131. The van der Waals surface area contributed by atoms with E-state index < -0.39 is 11.9 Å². The second-order valence-corrected chi connectivity index (χ2v) is 4.94. The van der Waals surface area contributed by atoms with Gasteiger partial charge in [-0.15, -0.1) is 11.3 Å². The molecule has 100 valence electrons. The number of hydrogen-bond acceptors (Lipinski definition) is 6. The van der Waals surface area contributed by atoms with E-state index in [1.165, 1.54) is 6.92 Å². The van der Waals surface area contributed by atoms with Gasteiger partial charge in [0.1, 0.15) is 4.83 Å². The molecule has 0 spiro atoms. The van der Waals surface area contributed by atoms with Crippen molar-refractivity contribution < 1.29 is 19.1 Å². The number of pyridine rings is 1. The van der Waals surface area contributed by atoms with E-state index in [1.807, 2.05) is 13.0 Å². The Morgan fingerprint density at radius 1 is 1.42 bits per heavy atom. The van der Waals surface area contributed by atoms with Gasteiger partial charge in [-0.3, -0.25) is 4.79 Å². The Morgan fingerprint density at radius 3 is 2.79 bits per heavy atom. The van der Waals surface area contributed by atoms with Gasteiger partial charge >= 0.3 is 11.9 Å². The molecule has 6 heteroatoms. The predicted octanol–water partition coefficient (Wildman–Crippen LogP) is 2.71. The molecule has 0 aliphatic rings. The molecule has 5 nitrogen and oxygen atoms in total. The second kappa shape index (κ2) is 5.36. The van der Waals surface area contributed by atoms with E-state index in [2.05, 4.69) is 4.98 Å². The zero-order valence-corrected chi connectivity index (χ0v) is 11.7. The van der Waals surface area contributed by atoms with Crippen LogP contribution in [0.1, 0.15) is 29.1 Å². The molecule has 2 aromatic rings. The summed E-state index contributed by atoms with van der Waals surface area (Å²) in [7, 11) is 0. The first-order valence-electron chi connectivity index (χ1n) is 5.77. The minimum absolute atomic E-state index is 0.238. The summed E-state index contributed by atoms with van der Waals surface area (Å²) in [5, 5.41) is 0.656. The van der Waals surface area contributed by atoms with Crippen LogP contribution in [0.25, 0.3) is 10.2 Å². The third-order valence-corrected chi connectivity index (χ3v) is 3.42. The molecule has 0 unspecified atom stereocenters. The third-order valence-electron chi connectivity index (χ3n) is 2.34. The van der Waals surface area contributed by atoms with Crippen molar-refractivity contribution in [1.29, 1.82) is 0 Å². The number of hydrogen-bond donors (Lipinski definition) is 0. The van der Waals surface area contributed by atoms with Crippen molar-refractivity contribution in [2.24, 2.45) is 0 Å². The van der Waals surface area contributed by atoms with Crippen LogP contribution in [0.2, 0.25) is 0 Å². The van der Waals surface area contributed by atoms with Gasteiger partial charge in [-0.25, -0.2) is 9.78 Å². The highest BCUT2D eigenvalue weighted by Crippen LogP contribution is 2.37. The van der Waals surface area contributed by atoms with Crippen molar-refractivity contribution in [2.75, 3.05) is 6.61 Å². The van der Waals surface area contributed by atoms with E-state index >= 15 is 0 Å².